The number of hydrogen-bond donors (Lipinski definition) is 1. The molecule has 4 aliphatic carbocycles. The van der Waals surface area contributed by atoms with Gasteiger partial charge in [0.15, 0.2) is 0 Å². The minimum Gasteiger partial charge on any atom is -0.351 e. The summed E-state index contributed by atoms with van der Waals surface area (Å²) in [5.74, 6) is 2.71. The first-order valence-electron chi connectivity index (χ1n) is 9.48. The Morgan fingerprint density at radius 1 is 1.12 bits per heavy atom. The second kappa shape index (κ2) is 5.94. The number of amides is 1. The standard InChI is InChI=1S/C21H24N2OS/c24-20(21-10-14-7-15(11-21)9-16(8-14)12-21)23-13-17-3-1-5-22-19(17)18-4-2-6-25-18/h1-6,14-16H,7-13H2,(H,23,24). The summed E-state index contributed by atoms with van der Waals surface area (Å²) >= 11 is 1.70. The van der Waals surface area contributed by atoms with Gasteiger partial charge in [-0.2, -0.15) is 0 Å². The third-order valence-corrected chi connectivity index (χ3v) is 7.48. The highest BCUT2D eigenvalue weighted by Gasteiger charge is 2.54. The van der Waals surface area contributed by atoms with Crippen LogP contribution in [0, 0.1) is 23.2 Å². The van der Waals surface area contributed by atoms with Gasteiger partial charge in [0, 0.05) is 18.2 Å². The lowest BCUT2D eigenvalue weighted by Gasteiger charge is -2.55. The number of thiophene rings is 1. The van der Waals surface area contributed by atoms with Gasteiger partial charge in [-0.1, -0.05) is 12.1 Å². The van der Waals surface area contributed by atoms with Crippen LogP contribution in [0.4, 0.5) is 0 Å². The zero-order valence-electron chi connectivity index (χ0n) is 14.4. The van der Waals surface area contributed by atoms with Crippen molar-refractivity contribution in [3.63, 3.8) is 0 Å². The molecule has 2 aromatic heterocycles. The molecule has 1 N–H and O–H groups in total. The van der Waals surface area contributed by atoms with Crippen LogP contribution < -0.4 is 5.32 Å². The molecule has 1 amide bonds. The molecule has 3 nitrogen and oxygen atoms in total. The molecule has 2 aromatic rings. The average Bonchev–Trinajstić information content (AvgIpc) is 3.13. The van der Waals surface area contributed by atoms with E-state index in [-0.39, 0.29) is 5.41 Å². The molecule has 2 heterocycles. The summed E-state index contributed by atoms with van der Waals surface area (Å²) in [7, 11) is 0. The lowest BCUT2D eigenvalue weighted by molar-refractivity contribution is -0.146. The van der Waals surface area contributed by atoms with Crippen LogP contribution >= 0.6 is 11.3 Å². The van der Waals surface area contributed by atoms with E-state index in [1.807, 2.05) is 18.3 Å². The Balaban J connectivity index is 1.33. The largest absolute Gasteiger partial charge is 0.351 e. The fraction of sp³-hybridized carbons (Fsp3) is 0.524. The molecule has 6 rings (SSSR count). The van der Waals surface area contributed by atoms with Crippen molar-refractivity contribution in [2.45, 2.75) is 45.1 Å². The molecule has 25 heavy (non-hydrogen) atoms. The maximum Gasteiger partial charge on any atom is 0.226 e. The zero-order chi connectivity index (χ0) is 16.9. The van der Waals surface area contributed by atoms with Crippen LogP contribution in [0.15, 0.2) is 35.8 Å². The highest BCUT2D eigenvalue weighted by Crippen LogP contribution is 2.60. The fourth-order valence-corrected chi connectivity index (χ4v) is 6.72. The number of carbonyl (C=O) groups is 1. The van der Waals surface area contributed by atoms with Crippen LogP contribution in [0.3, 0.4) is 0 Å². The average molecular weight is 353 g/mol. The fourth-order valence-electron chi connectivity index (χ4n) is 5.97. The van der Waals surface area contributed by atoms with Crippen LogP contribution in [-0.4, -0.2) is 10.9 Å². The van der Waals surface area contributed by atoms with Gasteiger partial charge in [0.2, 0.25) is 5.91 Å². The molecule has 4 aliphatic rings. The van der Waals surface area contributed by atoms with E-state index in [9.17, 15) is 4.79 Å². The number of rotatable bonds is 4. The highest BCUT2D eigenvalue weighted by molar-refractivity contribution is 7.13. The molecular formula is C21H24N2OS. The first kappa shape index (κ1) is 15.6. The van der Waals surface area contributed by atoms with Crippen molar-refractivity contribution >= 4 is 17.2 Å². The smallest absolute Gasteiger partial charge is 0.226 e. The Labute approximate surface area is 152 Å². The van der Waals surface area contributed by atoms with Crippen LogP contribution in [0.1, 0.15) is 44.1 Å². The van der Waals surface area contributed by atoms with E-state index in [0.29, 0.717) is 12.5 Å². The van der Waals surface area contributed by atoms with Crippen LogP contribution in [0.2, 0.25) is 0 Å². The molecular weight excluding hydrogens is 328 g/mol. The van der Waals surface area contributed by atoms with Crippen molar-refractivity contribution in [1.29, 1.82) is 0 Å². The molecule has 0 unspecified atom stereocenters. The molecule has 4 saturated carbocycles. The van der Waals surface area contributed by atoms with Crippen molar-refractivity contribution < 1.29 is 4.79 Å². The van der Waals surface area contributed by atoms with Gasteiger partial charge in [-0.25, -0.2) is 0 Å². The topological polar surface area (TPSA) is 42.0 Å². The lowest BCUT2D eigenvalue weighted by Crippen LogP contribution is -2.53. The van der Waals surface area contributed by atoms with Crippen LogP contribution in [0.25, 0.3) is 10.6 Å². The van der Waals surface area contributed by atoms with E-state index < -0.39 is 0 Å². The van der Waals surface area contributed by atoms with Gasteiger partial charge in [-0.15, -0.1) is 11.3 Å². The lowest BCUT2D eigenvalue weighted by atomic mass is 9.49. The van der Waals surface area contributed by atoms with Gasteiger partial charge in [0.25, 0.3) is 0 Å². The Hall–Kier alpha value is -1.68. The van der Waals surface area contributed by atoms with E-state index in [4.69, 9.17) is 0 Å². The number of aromatic nitrogens is 1. The summed E-state index contributed by atoms with van der Waals surface area (Å²) in [4.78, 5) is 18.9. The molecule has 4 heteroatoms. The minimum absolute atomic E-state index is 0.0694. The monoisotopic (exact) mass is 352 g/mol. The highest BCUT2D eigenvalue weighted by atomic mass is 32.1. The van der Waals surface area contributed by atoms with E-state index in [2.05, 4.69) is 27.8 Å². The van der Waals surface area contributed by atoms with E-state index in [1.54, 1.807) is 11.3 Å². The van der Waals surface area contributed by atoms with Gasteiger partial charge >= 0.3 is 0 Å². The number of hydrogen-bond acceptors (Lipinski definition) is 3. The quantitative estimate of drug-likeness (QED) is 0.871. The molecule has 0 spiro atoms. The van der Waals surface area contributed by atoms with Crippen molar-refractivity contribution in [1.82, 2.24) is 10.3 Å². The molecule has 0 aliphatic heterocycles. The maximum atomic E-state index is 13.1. The van der Waals surface area contributed by atoms with E-state index in [0.717, 1.165) is 48.3 Å². The van der Waals surface area contributed by atoms with Gasteiger partial charge in [0.1, 0.15) is 0 Å². The minimum atomic E-state index is -0.0694. The van der Waals surface area contributed by atoms with Crippen LogP contribution in [0.5, 0.6) is 0 Å². The Kier molecular flexibility index (Phi) is 3.70. The van der Waals surface area contributed by atoms with Gasteiger partial charge in [0.05, 0.1) is 10.6 Å². The summed E-state index contributed by atoms with van der Waals surface area (Å²) in [6.07, 6.45) is 9.31. The summed E-state index contributed by atoms with van der Waals surface area (Å²) in [6.45, 7) is 0.585. The summed E-state index contributed by atoms with van der Waals surface area (Å²) in [5.41, 5.74) is 2.05. The number of nitrogens with one attached hydrogen (secondary N) is 1. The normalized spacial score (nSPS) is 32.7. The van der Waals surface area contributed by atoms with Crippen LogP contribution in [-0.2, 0) is 11.3 Å². The van der Waals surface area contributed by atoms with E-state index in [1.165, 1.54) is 24.1 Å². The second-order valence-corrected chi connectivity index (χ2v) is 9.32. The Bertz CT molecular complexity index is 748. The summed E-state index contributed by atoms with van der Waals surface area (Å²) < 4.78 is 0. The maximum absolute atomic E-state index is 13.1. The molecule has 4 fully saturated rings. The number of pyridine rings is 1. The number of carbonyl (C=O) groups excluding carboxylic acids is 1. The van der Waals surface area contributed by atoms with Crippen molar-refractivity contribution in [3.8, 4) is 10.6 Å². The second-order valence-electron chi connectivity index (χ2n) is 8.37. The molecule has 0 saturated heterocycles. The predicted octanol–water partition coefficient (Wildman–Crippen LogP) is 4.64. The van der Waals surface area contributed by atoms with Gasteiger partial charge in [-0.05, 0) is 79.4 Å². The number of nitrogens with zero attached hydrogens (tertiary/aromatic N) is 1. The predicted molar refractivity (Wildman–Crippen MR) is 100 cm³/mol. The Morgan fingerprint density at radius 3 is 2.48 bits per heavy atom. The SMILES string of the molecule is O=C(NCc1cccnc1-c1cccs1)C12CC3CC(CC(C3)C1)C2. The summed E-state index contributed by atoms with van der Waals surface area (Å²) in [5, 5.41) is 5.36. The van der Waals surface area contributed by atoms with Gasteiger partial charge in [-0.3, -0.25) is 9.78 Å². The molecule has 0 aromatic carbocycles. The van der Waals surface area contributed by atoms with Crippen molar-refractivity contribution in [2.24, 2.45) is 23.2 Å². The zero-order valence-corrected chi connectivity index (χ0v) is 15.2. The molecule has 0 atom stereocenters. The van der Waals surface area contributed by atoms with E-state index >= 15 is 0 Å². The third kappa shape index (κ3) is 2.71. The Morgan fingerprint density at radius 2 is 1.84 bits per heavy atom. The molecule has 0 radical (unpaired) electrons. The van der Waals surface area contributed by atoms with Crippen molar-refractivity contribution in [2.75, 3.05) is 0 Å². The summed E-state index contributed by atoms with van der Waals surface area (Å²) in [6, 6.07) is 8.19. The van der Waals surface area contributed by atoms with Gasteiger partial charge < -0.3 is 5.32 Å². The third-order valence-electron chi connectivity index (χ3n) is 6.61. The van der Waals surface area contributed by atoms with Crippen molar-refractivity contribution in [3.05, 3.63) is 41.4 Å². The first-order chi connectivity index (χ1) is 12.2. The molecule has 4 bridgehead atoms. The first-order valence-corrected chi connectivity index (χ1v) is 10.4. The molecule has 130 valence electrons.